The largest absolute Gasteiger partial charge is 0.291 e. The van der Waals surface area contributed by atoms with E-state index < -0.39 is 24.6 Å². The highest BCUT2D eigenvalue weighted by Gasteiger charge is 2.39. The molecule has 2 fully saturated rings. The van der Waals surface area contributed by atoms with E-state index in [1.54, 1.807) is 12.1 Å². The molecule has 2 heterocycles. The van der Waals surface area contributed by atoms with Gasteiger partial charge in [-0.2, -0.15) is 0 Å². The Bertz CT molecular complexity index is 820. The zero-order valence-electron chi connectivity index (χ0n) is 13.6. The van der Waals surface area contributed by atoms with Crippen molar-refractivity contribution in [3.8, 4) is 0 Å². The second-order valence-corrected chi connectivity index (χ2v) is 11.2. The van der Waals surface area contributed by atoms with E-state index in [0.717, 1.165) is 5.56 Å². The summed E-state index contributed by atoms with van der Waals surface area (Å²) in [7, 11) is -6.18. The van der Waals surface area contributed by atoms with Gasteiger partial charge >= 0.3 is 0 Å². The van der Waals surface area contributed by atoms with E-state index in [0.29, 0.717) is 19.4 Å². The zero-order valence-corrected chi connectivity index (χ0v) is 15.2. The molecule has 1 aromatic carbocycles. The fourth-order valence-electron chi connectivity index (χ4n) is 3.56. The molecule has 0 radical (unpaired) electrons. The molecular weight excluding hydrogens is 368 g/mol. The zero-order chi connectivity index (χ0) is 18.2. The second-order valence-electron chi connectivity index (χ2n) is 6.71. The molecule has 138 valence electrons. The Morgan fingerprint density at radius 1 is 0.960 bits per heavy atom. The number of sulfone groups is 2. The van der Waals surface area contributed by atoms with Gasteiger partial charge in [0.2, 0.25) is 0 Å². The van der Waals surface area contributed by atoms with Gasteiger partial charge in [-0.3, -0.25) is 15.0 Å². The topological polar surface area (TPSA) is 115 Å². The van der Waals surface area contributed by atoms with Crippen molar-refractivity contribution in [1.82, 2.24) is 4.90 Å². The minimum Gasteiger partial charge on any atom is -0.291 e. The average Bonchev–Trinajstić information content (AvgIpc) is 3.07. The smallest absolute Gasteiger partial charge is 0.269 e. The van der Waals surface area contributed by atoms with Crippen LogP contribution in [0.4, 0.5) is 5.69 Å². The molecule has 0 unspecified atom stereocenters. The first-order chi connectivity index (χ1) is 11.7. The number of benzene rings is 1. The van der Waals surface area contributed by atoms with Crippen molar-refractivity contribution in [1.29, 1.82) is 0 Å². The van der Waals surface area contributed by atoms with Crippen LogP contribution in [0.15, 0.2) is 24.3 Å². The lowest BCUT2D eigenvalue weighted by Crippen LogP contribution is -2.44. The van der Waals surface area contributed by atoms with Crippen LogP contribution in [-0.2, 0) is 26.2 Å². The molecule has 0 spiro atoms. The lowest BCUT2D eigenvalue weighted by Gasteiger charge is -2.33. The summed E-state index contributed by atoms with van der Waals surface area (Å²) < 4.78 is 47.4. The summed E-state index contributed by atoms with van der Waals surface area (Å²) >= 11 is 0. The van der Waals surface area contributed by atoms with Crippen LogP contribution in [0.2, 0.25) is 0 Å². The van der Waals surface area contributed by atoms with E-state index in [1.807, 2.05) is 4.90 Å². The minimum absolute atomic E-state index is 0.0119. The van der Waals surface area contributed by atoms with Crippen molar-refractivity contribution in [3.05, 3.63) is 39.9 Å². The molecular formula is C15H20N2O6S2. The third kappa shape index (κ3) is 4.36. The quantitative estimate of drug-likeness (QED) is 0.540. The Morgan fingerprint density at radius 3 is 1.80 bits per heavy atom. The van der Waals surface area contributed by atoms with Gasteiger partial charge in [-0.25, -0.2) is 16.8 Å². The monoisotopic (exact) mass is 388 g/mol. The van der Waals surface area contributed by atoms with Gasteiger partial charge in [0.05, 0.1) is 27.9 Å². The first-order valence-corrected chi connectivity index (χ1v) is 11.7. The number of non-ortho nitro benzene ring substituents is 1. The molecule has 0 N–H and O–H groups in total. The SMILES string of the molecule is O=[N+]([O-])c1ccc(CN([C@H]2CCS(=O)(=O)C2)[C@H]2CCS(=O)(=O)C2)cc1. The summed E-state index contributed by atoms with van der Waals surface area (Å²) in [5.41, 5.74) is 0.793. The third-order valence-corrected chi connectivity index (χ3v) is 8.37. The molecule has 2 aliphatic rings. The predicted octanol–water partition coefficient (Wildman–Crippen LogP) is 0.771. The van der Waals surface area contributed by atoms with Crippen LogP contribution in [0.5, 0.6) is 0 Å². The summed E-state index contributed by atoms with van der Waals surface area (Å²) in [4.78, 5) is 12.2. The Kier molecular flexibility index (Phi) is 4.86. The standard InChI is InChI=1S/C15H20N2O6S2/c18-17(19)13-3-1-12(2-4-13)9-16(14-5-7-24(20,21)10-14)15-6-8-25(22,23)11-15/h1-4,14-15H,5-11H2/t14-,15-/m0/s1. The lowest BCUT2D eigenvalue weighted by atomic mass is 10.1. The van der Waals surface area contributed by atoms with E-state index in [4.69, 9.17) is 0 Å². The third-order valence-electron chi connectivity index (χ3n) is 4.87. The summed E-state index contributed by atoms with van der Waals surface area (Å²) in [6.45, 7) is 0.387. The van der Waals surface area contributed by atoms with E-state index in [9.17, 15) is 26.9 Å². The maximum atomic E-state index is 11.8. The first-order valence-electron chi connectivity index (χ1n) is 8.05. The molecule has 0 saturated carbocycles. The van der Waals surface area contributed by atoms with Gasteiger partial charge in [0.1, 0.15) is 0 Å². The lowest BCUT2D eigenvalue weighted by molar-refractivity contribution is -0.384. The molecule has 0 bridgehead atoms. The number of nitro benzene ring substituents is 1. The van der Waals surface area contributed by atoms with Gasteiger partial charge in [0.15, 0.2) is 19.7 Å². The van der Waals surface area contributed by atoms with E-state index in [1.165, 1.54) is 12.1 Å². The fourth-order valence-corrected chi connectivity index (χ4v) is 7.05. The summed E-state index contributed by atoms with van der Waals surface area (Å²) in [6.07, 6.45) is 0.984. The van der Waals surface area contributed by atoms with Crippen molar-refractivity contribution in [2.75, 3.05) is 23.0 Å². The molecule has 0 amide bonds. The van der Waals surface area contributed by atoms with Gasteiger partial charge in [-0.1, -0.05) is 12.1 Å². The highest BCUT2D eigenvalue weighted by atomic mass is 32.2. The van der Waals surface area contributed by atoms with E-state index in [-0.39, 0.29) is 40.8 Å². The number of rotatable bonds is 5. The maximum Gasteiger partial charge on any atom is 0.269 e. The highest BCUT2D eigenvalue weighted by Crippen LogP contribution is 2.28. The molecule has 0 aromatic heterocycles. The normalized spacial score (nSPS) is 27.6. The Hall–Kier alpha value is -1.52. The van der Waals surface area contributed by atoms with Crippen LogP contribution in [-0.4, -0.2) is 61.8 Å². The first kappa shape index (κ1) is 18.3. The van der Waals surface area contributed by atoms with Crippen LogP contribution < -0.4 is 0 Å². The summed E-state index contributed by atoms with van der Waals surface area (Å²) in [5.74, 6) is 0.314. The number of nitro groups is 1. The van der Waals surface area contributed by atoms with Crippen LogP contribution in [0.3, 0.4) is 0 Å². The van der Waals surface area contributed by atoms with Crippen LogP contribution in [0.1, 0.15) is 18.4 Å². The second kappa shape index (κ2) is 6.65. The van der Waals surface area contributed by atoms with Crippen molar-refractivity contribution in [2.24, 2.45) is 0 Å². The van der Waals surface area contributed by atoms with E-state index in [2.05, 4.69) is 0 Å². The number of hydrogen-bond donors (Lipinski definition) is 0. The number of hydrogen-bond acceptors (Lipinski definition) is 7. The molecule has 2 saturated heterocycles. The molecule has 10 heteroatoms. The Balaban J connectivity index is 1.82. The molecule has 8 nitrogen and oxygen atoms in total. The van der Waals surface area contributed by atoms with E-state index >= 15 is 0 Å². The van der Waals surface area contributed by atoms with Crippen molar-refractivity contribution in [2.45, 2.75) is 31.5 Å². The summed E-state index contributed by atoms with van der Waals surface area (Å²) in [6, 6.07) is 5.67. The molecule has 0 aliphatic carbocycles. The fraction of sp³-hybridized carbons (Fsp3) is 0.600. The summed E-state index contributed by atoms with van der Waals surface area (Å²) in [5, 5.41) is 10.8. The molecule has 1 aromatic rings. The molecule has 25 heavy (non-hydrogen) atoms. The van der Waals surface area contributed by atoms with Crippen molar-refractivity contribution < 1.29 is 21.8 Å². The van der Waals surface area contributed by atoms with Gasteiger partial charge < -0.3 is 0 Å². The Labute approximate surface area is 146 Å². The van der Waals surface area contributed by atoms with Gasteiger partial charge in [0, 0.05) is 30.8 Å². The predicted molar refractivity (Wildman–Crippen MR) is 92.8 cm³/mol. The average molecular weight is 388 g/mol. The van der Waals surface area contributed by atoms with Crippen molar-refractivity contribution in [3.63, 3.8) is 0 Å². The van der Waals surface area contributed by atoms with Gasteiger partial charge in [0.25, 0.3) is 5.69 Å². The molecule has 2 aliphatic heterocycles. The molecule has 3 rings (SSSR count). The van der Waals surface area contributed by atoms with Gasteiger partial charge in [-0.15, -0.1) is 0 Å². The van der Waals surface area contributed by atoms with Gasteiger partial charge in [-0.05, 0) is 18.4 Å². The van der Waals surface area contributed by atoms with Crippen LogP contribution >= 0.6 is 0 Å². The van der Waals surface area contributed by atoms with Crippen LogP contribution in [0.25, 0.3) is 0 Å². The van der Waals surface area contributed by atoms with Crippen molar-refractivity contribution >= 4 is 25.4 Å². The maximum absolute atomic E-state index is 11.8. The highest BCUT2D eigenvalue weighted by molar-refractivity contribution is 7.92. The minimum atomic E-state index is -3.09. The van der Waals surface area contributed by atoms with Crippen LogP contribution in [0, 0.1) is 10.1 Å². The number of nitrogens with zero attached hydrogens (tertiary/aromatic N) is 2. The Morgan fingerprint density at radius 2 is 1.44 bits per heavy atom. The molecule has 2 atom stereocenters.